The van der Waals surface area contributed by atoms with Crippen molar-refractivity contribution in [2.24, 2.45) is 0 Å². The van der Waals surface area contributed by atoms with Crippen molar-refractivity contribution in [1.29, 1.82) is 0 Å². The van der Waals surface area contributed by atoms with Crippen LogP contribution in [-0.2, 0) is 6.54 Å². The summed E-state index contributed by atoms with van der Waals surface area (Å²) >= 11 is 5.56. The molecule has 1 heterocycles. The van der Waals surface area contributed by atoms with E-state index in [-0.39, 0.29) is 10.8 Å². The maximum atomic E-state index is 12.4. The molecule has 0 saturated carbocycles. The van der Waals surface area contributed by atoms with E-state index in [0.29, 0.717) is 0 Å². The molecule has 3 nitrogen and oxygen atoms in total. The van der Waals surface area contributed by atoms with Crippen LogP contribution in [-0.4, -0.2) is 15.7 Å². The van der Waals surface area contributed by atoms with Gasteiger partial charge in [-0.1, -0.05) is 11.6 Å². The van der Waals surface area contributed by atoms with Crippen molar-refractivity contribution in [1.82, 2.24) is 9.78 Å². The normalized spacial score (nSPS) is 12.0. The van der Waals surface area contributed by atoms with Crippen LogP contribution in [0.15, 0.2) is 6.20 Å². The number of aromatic nitrogens is 2. The first kappa shape index (κ1) is 9.25. The van der Waals surface area contributed by atoms with E-state index >= 15 is 0 Å². The molecular weight excluding hydrogens is 188 g/mol. The lowest BCUT2D eigenvalue weighted by molar-refractivity contribution is 0.000685. The fraction of sp³-hybridized carbons (Fsp3) is 0.500. The second-order valence-corrected chi connectivity index (χ2v) is 2.98. The number of hydrogen-bond acceptors (Lipinski definition) is 2. The minimum Gasteiger partial charge on any atom is -0.395 e. The molecule has 0 atom stereocenters. The SMILES string of the molecule is CC(F)(F)Cn1ncc(N)c1Cl. The third-order valence-corrected chi connectivity index (χ3v) is 1.64. The Labute approximate surface area is 73.1 Å². The summed E-state index contributed by atoms with van der Waals surface area (Å²) in [5.41, 5.74) is 5.51. The van der Waals surface area contributed by atoms with Crippen LogP contribution in [0.3, 0.4) is 0 Å². The molecule has 2 N–H and O–H groups in total. The van der Waals surface area contributed by atoms with Crippen LogP contribution in [0.2, 0.25) is 5.15 Å². The summed E-state index contributed by atoms with van der Waals surface area (Å²) in [7, 11) is 0. The van der Waals surface area contributed by atoms with Gasteiger partial charge in [-0.15, -0.1) is 0 Å². The summed E-state index contributed by atoms with van der Waals surface area (Å²) in [5.74, 6) is -2.83. The van der Waals surface area contributed by atoms with Crippen molar-refractivity contribution < 1.29 is 8.78 Å². The summed E-state index contributed by atoms with van der Waals surface area (Å²) in [6, 6.07) is 0. The Hall–Kier alpha value is -0.840. The number of nitrogens with two attached hydrogens (primary N) is 1. The lowest BCUT2D eigenvalue weighted by atomic mass is 10.4. The number of hydrogen-bond donors (Lipinski definition) is 1. The van der Waals surface area contributed by atoms with Gasteiger partial charge in [0.25, 0.3) is 5.92 Å². The summed E-state index contributed by atoms with van der Waals surface area (Å²) in [4.78, 5) is 0. The molecule has 68 valence electrons. The summed E-state index contributed by atoms with van der Waals surface area (Å²) in [6.07, 6.45) is 1.24. The van der Waals surface area contributed by atoms with Crippen LogP contribution in [0.1, 0.15) is 6.92 Å². The summed E-state index contributed by atoms with van der Waals surface area (Å²) in [6.45, 7) is 0.240. The Balaban J connectivity index is 2.83. The first-order valence-electron chi connectivity index (χ1n) is 3.25. The van der Waals surface area contributed by atoms with Crippen molar-refractivity contribution in [2.75, 3.05) is 5.73 Å². The van der Waals surface area contributed by atoms with Gasteiger partial charge in [-0.05, 0) is 0 Å². The molecule has 0 fully saturated rings. The molecule has 1 aromatic heterocycles. The first-order valence-corrected chi connectivity index (χ1v) is 3.62. The minimum absolute atomic E-state index is 0.0523. The predicted molar refractivity (Wildman–Crippen MR) is 42.3 cm³/mol. The largest absolute Gasteiger partial charge is 0.395 e. The molecule has 0 spiro atoms. The van der Waals surface area contributed by atoms with E-state index in [1.165, 1.54) is 6.20 Å². The van der Waals surface area contributed by atoms with Gasteiger partial charge in [-0.3, -0.25) is 0 Å². The molecule has 0 aromatic carbocycles. The molecule has 0 radical (unpaired) electrons. The molecule has 0 saturated heterocycles. The van der Waals surface area contributed by atoms with Crippen molar-refractivity contribution in [2.45, 2.75) is 19.4 Å². The van der Waals surface area contributed by atoms with Gasteiger partial charge in [0.2, 0.25) is 0 Å². The van der Waals surface area contributed by atoms with E-state index in [1.54, 1.807) is 0 Å². The highest BCUT2D eigenvalue weighted by Crippen LogP contribution is 2.21. The van der Waals surface area contributed by atoms with E-state index in [1.807, 2.05) is 0 Å². The molecule has 1 rings (SSSR count). The van der Waals surface area contributed by atoms with E-state index in [2.05, 4.69) is 5.10 Å². The number of rotatable bonds is 2. The van der Waals surface area contributed by atoms with Gasteiger partial charge >= 0.3 is 0 Å². The Morgan fingerprint density at radius 3 is 2.67 bits per heavy atom. The lowest BCUT2D eigenvalue weighted by Gasteiger charge is -2.10. The molecule has 0 amide bonds. The molecule has 12 heavy (non-hydrogen) atoms. The molecule has 0 aliphatic rings. The van der Waals surface area contributed by atoms with E-state index in [9.17, 15) is 8.78 Å². The Bertz CT molecular complexity index is 279. The molecule has 0 unspecified atom stereocenters. The van der Waals surface area contributed by atoms with Gasteiger partial charge in [-0.2, -0.15) is 5.10 Å². The zero-order chi connectivity index (χ0) is 9.35. The number of anilines is 1. The third-order valence-electron chi connectivity index (χ3n) is 1.23. The number of nitrogen functional groups attached to an aromatic ring is 1. The zero-order valence-corrected chi connectivity index (χ0v) is 7.15. The first-order chi connectivity index (χ1) is 5.40. The quantitative estimate of drug-likeness (QED) is 0.782. The van der Waals surface area contributed by atoms with Crippen molar-refractivity contribution in [3.8, 4) is 0 Å². The van der Waals surface area contributed by atoms with Gasteiger partial charge in [0.15, 0.2) is 0 Å². The summed E-state index contributed by atoms with van der Waals surface area (Å²) in [5, 5.41) is 3.63. The molecule has 0 aliphatic heterocycles. The van der Waals surface area contributed by atoms with Gasteiger partial charge in [0.1, 0.15) is 11.7 Å². The number of halogens is 3. The highest BCUT2D eigenvalue weighted by molar-refractivity contribution is 6.31. The standard InChI is InChI=1S/C6H8ClF2N3/c1-6(8,9)3-12-5(7)4(10)2-11-12/h2H,3,10H2,1H3. The fourth-order valence-electron chi connectivity index (χ4n) is 0.758. The highest BCUT2D eigenvalue weighted by atomic mass is 35.5. The minimum atomic E-state index is -2.83. The number of nitrogens with zero attached hydrogens (tertiary/aromatic N) is 2. The van der Waals surface area contributed by atoms with Crippen molar-refractivity contribution in [3.05, 3.63) is 11.3 Å². The Kier molecular flexibility index (Phi) is 2.23. The van der Waals surface area contributed by atoms with Crippen molar-refractivity contribution >= 4 is 17.3 Å². The average Bonchev–Trinajstić information content (AvgIpc) is 2.16. The molecular formula is C6H8ClF2N3. The average molecular weight is 196 g/mol. The van der Waals surface area contributed by atoms with E-state index < -0.39 is 12.5 Å². The molecule has 0 aliphatic carbocycles. The second kappa shape index (κ2) is 2.90. The van der Waals surface area contributed by atoms with Gasteiger partial charge in [0, 0.05) is 6.92 Å². The molecule has 1 aromatic rings. The van der Waals surface area contributed by atoms with Crippen LogP contribution in [0, 0.1) is 0 Å². The van der Waals surface area contributed by atoms with Gasteiger partial charge in [0.05, 0.1) is 11.9 Å². The van der Waals surface area contributed by atoms with Crippen LogP contribution >= 0.6 is 11.6 Å². The van der Waals surface area contributed by atoms with Crippen LogP contribution < -0.4 is 5.73 Å². The summed E-state index contributed by atoms with van der Waals surface area (Å²) < 4.78 is 25.8. The molecule has 6 heteroatoms. The van der Waals surface area contributed by atoms with Gasteiger partial charge in [-0.25, -0.2) is 13.5 Å². The topological polar surface area (TPSA) is 43.8 Å². The lowest BCUT2D eigenvalue weighted by Crippen LogP contribution is -2.20. The smallest absolute Gasteiger partial charge is 0.264 e. The van der Waals surface area contributed by atoms with Crippen LogP contribution in [0.4, 0.5) is 14.5 Å². The number of alkyl halides is 2. The van der Waals surface area contributed by atoms with Crippen LogP contribution in [0.25, 0.3) is 0 Å². The Morgan fingerprint density at radius 1 is 1.75 bits per heavy atom. The van der Waals surface area contributed by atoms with E-state index in [0.717, 1.165) is 11.6 Å². The van der Waals surface area contributed by atoms with E-state index in [4.69, 9.17) is 17.3 Å². The monoisotopic (exact) mass is 195 g/mol. The van der Waals surface area contributed by atoms with Gasteiger partial charge < -0.3 is 5.73 Å². The zero-order valence-electron chi connectivity index (χ0n) is 6.39. The van der Waals surface area contributed by atoms with Crippen molar-refractivity contribution in [3.63, 3.8) is 0 Å². The maximum absolute atomic E-state index is 12.4. The second-order valence-electron chi connectivity index (χ2n) is 2.62. The highest BCUT2D eigenvalue weighted by Gasteiger charge is 2.23. The third kappa shape index (κ3) is 2.07. The molecule has 0 bridgehead atoms. The maximum Gasteiger partial charge on any atom is 0.264 e. The van der Waals surface area contributed by atoms with Crippen LogP contribution in [0.5, 0.6) is 0 Å². The predicted octanol–water partition coefficient (Wildman–Crippen LogP) is 1.77. The Morgan fingerprint density at radius 2 is 2.33 bits per heavy atom. The fourth-order valence-corrected chi connectivity index (χ4v) is 0.910.